The van der Waals surface area contributed by atoms with Crippen molar-refractivity contribution < 1.29 is 23.5 Å². The third kappa shape index (κ3) is 4.31. The molecule has 0 unspecified atom stereocenters. The van der Waals surface area contributed by atoms with Crippen LogP contribution in [-0.4, -0.2) is 41.3 Å². The topological polar surface area (TPSA) is 77.4 Å². The van der Waals surface area contributed by atoms with Gasteiger partial charge in [-0.2, -0.15) is 0 Å². The molecule has 0 radical (unpaired) electrons. The van der Waals surface area contributed by atoms with Crippen molar-refractivity contribution in [2.75, 3.05) is 13.2 Å². The fourth-order valence-corrected chi connectivity index (χ4v) is 3.09. The Hall–Kier alpha value is -2.80. The number of ketones is 2. The summed E-state index contributed by atoms with van der Waals surface area (Å²) in [4.78, 5) is 37.0. The number of hydrogen-bond acceptors (Lipinski definition) is 4. The molecule has 1 saturated heterocycles. The average Bonchev–Trinajstić information content (AvgIpc) is 3.27. The van der Waals surface area contributed by atoms with Crippen molar-refractivity contribution in [2.24, 2.45) is 7.05 Å². The summed E-state index contributed by atoms with van der Waals surface area (Å²) in [6, 6.07) is 5.78. The van der Waals surface area contributed by atoms with E-state index in [1.54, 1.807) is 26.1 Å². The van der Waals surface area contributed by atoms with Crippen molar-refractivity contribution in [1.29, 1.82) is 0 Å². The maximum atomic E-state index is 13.4. The molecule has 2 aromatic rings. The summed E-state index contributed by atoms with van der Waals surface area (Å²) in [5.41, 5.74) is 1.63. The summed E-state index contributed by atoms with van der Waals surface area (Å²) in [6.45, 7) is 2.59. The molecule has 0 bridgehead atoms. The summed E-state index contributed by atoms with van der Waals surface area (Å²) in [5.74, 6) is -1.93. The lowest BCUT2D eigenvalue weighted by molar-refractivity contribution is -0.117. The highest BCUT2D eigenvalue weighted by Crippen LogP contribution is 2.15. The summed E-state index contributed by atoms with van der Waals surface area (Å²) >= 11 is 0. The van der Waals surface area contributed by atoms with Crippen LogP contribution in [0.4, 0.5) is 4.39 Å². The van der Waals surface area contributed by atoms with Crippen LogP contribution >= 0.6 is 0 Å². The predicted octanol–water partition coefficient (Wildman–Crippen LogP) is 1.99. The van der Waals surface area contributed by atoms with E-state index in [1.807, 2.05) is 0 Å². The predicted molar refractivity (Wildman–Crippen MR) is 96.3 cm³/mol. The van der Waals surface area contributed by atoms with Gasteiger partial charge >= 0.3 is 0 Å². The molecule has 1 amide bonds. The average molecular weight is 372 g/mol. The van der Waals surface area contributed by atoms with Gasteiger partial charge in [-0.1, -0.05) is 12.1 Å². The fraction of sp³-hybridized carbons (Fsp3) is 0.350. The number of halogens is 1. The molecule has 27 heavy (non-hydrogen) atoms. The molecule has 1 aliphatic heterocycles. The molecule has 2 heterocycles. The Morgan fingerprint density at radius 1 is 1.30 bits per heavy atom. The van der Waals surface area contributed by atoms with Gasteiger partial charge in [0.1, 0.15) is 5.82 Å². The molecule has 1 N–H and O–H groups in total. The van der Waals surface area contributed by atoms with Crippen LogP contribution in [0, 0.1) is 12.7 Å². The minimum Gasteiger partial charge on any atom is -0.379 e. The van der Waals surface area contributed by atoms with Gasteiger partial charge < -0.3 is 14.6 Å². The number of rotatable bonds is 6. The minimum absolute atomic E-state index is 0.0816. The second kappa shape index (κ2) is 7.84. The van der Waals surface area contributed by atoms with Crippen LogP contribution in [0.5, 0.6) is 0 Å². The first kappa shape index (κ1) is 19.0. The van der Waals surface area contributed by atoms with Crippen LogP contribution in [0.3, 0.4) is 0 Å². The monoisotopic (exact) mass is 372 g/mol. The first-order chi connectivity index (χ1) is 12.8. The molecule has 1 fully saturated rings. The Kier molecular flexibility index (Phi) is 5.51. The largest absolute Gasteiger partial charge is 0.379 e. The molecule has 0 spiro atoms. The smallest absolute Gasteiger partial charge is 0.292 e. The van der Waals surface area contributed by atoms with Gasteiger partial charge in [0.05, 0.1) is 18.3 Å². The van der Waals surface area contributed by atoms with Gasteiger partial charge in [0.2, 0.25) is 0 Å². The van der Waals surface area contributed by atoms with E-state index in [1.165, 1.54) is 22.9 Å². The van der Waals surface area contributed by atoms with Gasteiger partial charge in [-0.3, -0.25) is 14.4 Å². The number of nitrogens with zero attached hydrogens (tertiary/aromatic N) is 1. The maximum absolute atomic E-state index is 13.4. The molecule has 142 valence electrons. The number of hydrogen-bond donors (Lipinski definition) is 1. The van der Waals surface area contributed by atoms with Gasteiger partial charge in [-0.15, -0.1) is 0 Å². The van der Waals surface area contributed by atoms with E-state index in [9.17, 15) is 18.8 Å². The normalized spacial score (nSPS) is 16.3. The van der Waals surface area contributed by atoms with Crippen LogP contribution in [0.15, 0.2) is 30.5 Å². The highest BCUT2D eigenvalue weighted by molar-refractivity contribution is 6.43. The molecular weight excluding hydrogens is 351 g/mol. The van der Waals surface area contributed by atoms with Crippen molar-refractivity contribution in [3.05, 3.63) is 58.7 Å². The van der Waals surface area contributed by atoms with Crippen molar-refractivity contribution in [3.63, 3.8) is 0 Å². The van der Waals surface area contributed by atoms with Crippen LogP contribution in [0.2, 0.25) is 0 Å². The van der Waals surface area contributed by atoms with E-state index in [4.69, 9.17) is 4.74 Å². The lowest BCUT2D eigenvalue weighted by Crippen LogP contribution is -2.39. The van der Waals surface area contributed by atoms with Crippen molar-refractivity contribution in [2.45, 2.75) is 25.8 Å². The lowest BCUT2D eigenvalue weighted by Gasteiger charge is -2.08. The molecule has 7 heteroatoms. The summed E-state index contributed by atoms with van der Waals surface area (Å²) in [7, 11) is 1.64. The van der Waals surface area contributed by atoms with Gasteiger partial charge in [0, 0.05) is 31.8 Å². The number of benzene rings is 1. The zero-order valence-electron chi connectivity index (χ0n) is 15.3. The van der Waals surface area contributed by atoms with E-state index in [2.05, 4.69) is 5.32 Å². The molecule has 1 aromatic heterocycles. The Morgan fingerprint density at radius 3 is 2.74 bits per heavy atom. The van der Waals surface area contributed by atoms with Gasteiger partial charge in [-0.25, -0.2) is 4.39 Å². The summed E-state index contributed by atoms with van der Waals surface area (Å²) < 4.78 is 20.1. The molecular formula is C20H21FN2O4. The first-order valence-corrected chi connectivity index (χ1v) is 8.72. The second-order valence-electron chi connectivity index (χ2n) is 6.77. The van der Waals surface area contributed by atoms with Crippen molar-refractivity contribution in [1.82, 2.24) is 9.88 Å². The Bertz CT molecular complexity index is 897. The van der Waals surface area contributed by atoms with E-state index >= 15 is 0 Å². The van der Waals surface area contributed by atoms with Crippen molar-refractivity contribution >= 4 is 17.5 Å². The SMILES string of the molecule is Cc1cc(CC(=O)c2cc(C(=O)C(=O)N[C@H]3CCOC3)cn2C)ccc1F. The Labute approximate surface area is 156 Å². The summed E-state index contributed by atoms with van der Waals surface area (Å²) in [5, 5.41) is 2.64. The molecule has 0 aliphatic carbocycles. The molecule has 6 nitrogen and oxygen atoms in total. The maximum Gasteiger partial charge on any atom is 0.292 e. The van der Waals surface area contributed by atoms with Gasteiger partial charge in [0.25, 0.3) is 11.7 Å². The zero-order valence-corrected chi connectivity index (χ0v) is 15.3. The standard InChI is InChI=1S/C20H21FN2O4/c1-12-7-13(3-4-16(12)21)8-18(24)17-9-14(10-23(17)2)19(25)20(26)22-15-5-6-27-11-15/h3-4,7,9-10,15H,5-6,8,11H2,1-2H3,(H,22,26)/t15-/m0/s1. The number of carbonyl (C=O) groups excluding carboxylic acids is 3. The van der Waals surface area contributed by atoms with Crippen molar-refractivity contribution in [3.8, 4) is 0 Å². The molecule has 0 saturated carbocycles. The highest BCUT2D eigenvalue weighted by atomic mass is 19.1. The minimum atomic E-state index is -0.704. The van der Waals surface area contributed by atoms with Crippen LogP contribution in [0.1, 0.15) is 38.4 Å². The van der Waals surface area contributed by atoms with Crippen LogP contribution < -0.4 is 5.32 Å². The molecule has 1 aromatic carbocycles. The molecule has 3 rings (SSSR count). The number of amides is 1. The second-order valence-corrected chi connectivity index (χ2v) is 6.77. The number of nitrogens with one attached hydrogen (secondary N) is 1. The van der Waals surface area contributed by atoms with E-state index < -0.39 is 11.7 Å². The first-order valence-electron chi connectivity index (χ1n) is 8.72. The zero-order chi connectivity index (χ0) is 19.6. The highest BCUT2D eigenvalue weighted by Gasteiger charge is 2.25. The molecule has 1 atom stereocenters. The molecule has 1 aliphatic rings. The lowest BCUT2D eigenvalue weighted by atomic mass is 10.0. The van der Waals surface area contributed by atoms with E-state index in [0.717, 1.165) is 0 Å². The number of aromatic nitrogens is 1. The third-order valence-corrected chi connectivity index (χ3v) is 4.61. The Balaban J connectivity index is 1.70. The Morgan fingerprint density at radius 2 is 2.07 bits per heavy atom. The third-order valence-electron chi connectivity index (χ3n) is 4.61. The fourth-order valence-electron chi connectivity index (χ4n) is 3.09. The quantitative estimate of drug-likeness (QED) is 0.621. The summed E-state index contributed by atoms with van der Waals surface area (Å²) in [6.07, 6.45) is 2.23. The van der Waals surface area contributed by atoms with E-state index in [-0.39, 0.29) is 29.6 Å². The number of aryl methyl sites for hydroxylation is 2. The number of ether oxygens (including phenoxy) is 1. The number of carbonyl (C=O) groups is 3. The number of Topliss-reactive ketones (excluding diaryl/α,β-unsaturated/α-hetero) is 2. The van der Waals surface area contributed by atoms with Crippen LogP contribution in [-0.2, 0) is 23.0 Å². The van der Waals surface area contributed by atoms with Crippen LogP contribution in [0.25, 0.3) is 0 Å². The van der Waals surface area contributed by atoms with Gasteiger partial charge in [-0.05, 0) is 36.6 Å². The van der Waals surface area contributed by atoms with E-state index in [0.29, 0.717) is 36.5 Å². The van der Waals surface area contributed by atoms with Gasteiger partial charge in [0.15, 0.2) is 5.78 Å².